The molecule has 1 aromatic carbocycles. The molecule has 0 bridgehead atoms. The molecule has 4 nitrogen and oxygen atoms in total. The molecular formula is C19H24N2O2S. The molecule has 1 saturated carbocycles. The summed E-state index contributed by atoms with van der Waals surface area (Å²) in [6, 6.07) is 8.29. The van der Waals surface area contributed by atoms with Crippen LogP contribution in [0.2, 0.25) is 0 Å². The van der Waals surface area contributed by atoms with Crippen molar-refractivity contribution in [3.63, 3.8) is 0 Å². The van der Waals surface area contributed by atoms with Gasteiger partial charge in [0.05, 0.1) is 12.1 Å². The summed E-state index contributed by atoms with van der Waals surface area (Å²) in [5, 5.41) is 5.87. The Morgan fingerprint density at radius 1 is 1.33 bits per heavy atom. The first-order chi connectivity index (χ1) is 11.7. The van der Waals surface area contributed by atoms with Gasteiger partial charge in [0.1, 0.15) is 5.01 Å². The van der Waals surface area contributed by atoms with E-state index in [-0.39, 0.29) is 5.91 Å². The lowest BCUT2D eigenvalue weighted by molar-refractivity contribution is -0.120. The molecule has 1 aromatic heterocycles. The monoisotopic (exact) mass is 344 g/mol. The topological polar surface area (TPSA) is 51.2 Å². The Hall–Kier alpha value is -1.72. The van der Waals surface area contributed by atoms with Crippen LogP contribution in [0.1, 0.15) is 30.5 Å². The number of hydrogen-bond donors (Lipinski definition) is 1. The molecule has 1 heterocycles. The van der Waals surface area contributed by atoms with E-state index in [1.807, 2.05) is 5.38 Å². The predicted molar refractivity (Wildman–Crippen MR) is 97.2 cm³/mol. The molecule has 0 spiro atoms. The van der Waals surface area contributed by atoms with Crippen molar-refractivity contribution < 1.29 is 9.53 Å². The van der Waals surface area contributed by atoms with Crippen molar-refractivity contribution in [3.8, 4) is 10.6 Å². The third-order valence-corrected chi connectivity index (χ3v) is 4.97. The van der Waals surface area contributed by atoms with Crippen molar-refractivity contribution in [1.29, 1.82) is 0 Å². The smallest absolute Gasteiger partial charge is 0.226 e. The summed E-state index contributed by atoms with van der Waals surface area (Å²) in [6.45, 7) is 4.34. The molecule has 1 N–H and O–H groups in total. The van der Waals surface area contributed by atoms with E-state index in [0.717, 1.165) is 41.8 Å². The zero-order valence-electron chi connectivity index (χ0n) is 14.1. The molecule has 0 unspecified atom stereocenters. The number of aromatic nitrogens is 1. The lowest BCUT2D eigenvalue weighted by Crippen LogP contribution is -2.27. The largest absolute Gasteiger partial charge is 0.381 e. The quantitative estimate of drug-likeness (QED) is 0.707. The molecule has 0 aliphatic heterocycles. The second-order valence-corrected chi connectivity index (χ2v) is 7.27. The van der Waals surface area contributed by atoms with Gasteiger partial charge in [0.2, 0.25) is 5.91 Å². The van der Waals surface area contributed by atoms with Crippen molar-refractivity contribution >= 4 is 17.2 Å². The highest BCUT2D eigenvalue weighted by molar-refractivity contribution is 7.13. The van der Waals surface area contributed by atoms with Crippen molar-refractivity contribution in [1.82, 2.24) is 10.3 Å². The Bertz CT molecular complexity index is 662. The molecule has 1 amide bonds. The summed E-state index contributed by atoms with van der Waals surface area (Å²) >= 11 is 1.58. The average molecular weight is 344 g/mol. The van der Waals surface area contributed by atoms with Crippen LogP contribution >= 0.6 is 11.3 Å². The summed E-state index contributed by atoms with van der Waals surface area (Å²) in [5.74, 6) is 0.824. The fraction of sp³-hybridized carbons (Fsp3) is 0.474. The van der Waals surface area contributed by atoms with E-state index in [4.69, 9.17) is 4.74 Å². The van der Waals surface area contributed by atoms with Gasteiger partial charge in [-0.15, -0.1) is 11.3 Å². The zero-order chi connectivity index (χ0) is 16.8. The number of thiazole rings is 1. The zero-order valence-corrected chi connectivity index (χ0v) is 14.9. The van der Waals surface area contributed by atoms with Crippen LogP contribution in [0.4, 0.5) is 0 Å². The van der Waals surface area contributed by atoms with Gasteiger partial charge < -0.3 is 10.1 Å². The average Bonchev–Trinajstić information content (AvgIpc) is 3.29. The van der Waals surface area contributed by atoms with Gasteiger partial charge in [-0.05, 0) is 32.1 Å². The van der Waals surface area contributed by atoms with Crippen LogP contribution in [0, 0.1) is 12.8 Å². The van der Waals surface area contributed by atoms with Crippen LogP contribution in [0.5, 0.6) is 0 Å². The molecule has 3 rings (SSSR count). The van der Waals surface area contributed by atoms with Gasteiger partial charge >= 0.3 is 0 Å². The molecule has 128 valence electrons. The molecular weight excluding hydrogens is 320 g/mol. The first-order valence-corrected chi connectivity index (χ1v) is 9.44. The number of hydrogen-bond acceptors (Lipinski definition) is 4. The number of rotatable bonds is 9. The van der Waals surface area contributed by atoms with Gasteiger partial charge in [-0.2, -0.15) is 0 Å². The summed E-state index contributed by atoms with van der Waals surface area (Å²) in [7, 11) is 0. The second kappa shape index (κ2) is 8.40. The summed E-state index contributed by atoms with van der Waals surface area (Å²) < 4.78 is 5.56. The van der Waals surface area contributed by atoms with Crippen LogP contribution in [-0.2, 0) is 16.0 Å². The number of benzene rings is 1. The van der Waals surface area contributed by atoms with E-state index in [2.05, 4.69) is 41.5 Å². The van der Waals surface area contributed by atoms with Crippen LogP contribution in [0.3, 0.4) is 0 Å². The second-order valence-electron chi connectivity index (χ2n) is 6.41. The van der Waals surface area contributed by atoms with Crippen molar-refractivity contribution in [2.45, 2.75) is 32.6 Å². The van der Waals surface area contributed by atoms with Gasteiger partial charge in [-0.25, -0.2) is 4.98 Å². The number of carbonyl (C=O) groups is 1. The van der Waals surface area contributed by atoms with Crippen LogP contribution < -0.4 is 5.32 Å². The highest BCUT2D eigenvalue weighted by atomic mass is 32.1. The standard InChI is InChI=1S/C19H24N2O2S/c1-14-3-7-16(8-4-14)19-21-17(13-24-19)11-18(22)20-9-2-10-23-12-15-5-6-15/h3-4,7-8,13,15H,2,5-6,9-12H2,1H3,(H,20,22). The van der Waals surface area contributed by atoms with Gasteiger partial charge in [0.25, 0.3) is 0 Å². The molecule has 1 aliphatic rings. The first-order valence-electron chi connectivity index (χ1n) is 8.56. The maximum Gasteiger partial charge on any atom is 0.226 e. The highest BCUT2D eigenvalue weighted by Crippen LogP contribution is 2.28. The lowest BCUT2D eigenvalue weighted by Gasteiger charge is -2.05. The Kier molecular flexibility index (Phi) is 5.99. The predicted octanol–water partition coefficient (Wildman–Crippen LogP) is 3.59. The summed E-state index contributed by atoms with van der Waals surface area (Å²) in [5.41, 5.74) is 3.17. The first kappa shape index (κ1) is 17.1. The third kappa shape index (κ3) is 5.42. The minimum Gasteiger partial charge on any atom is -0.381 e. The van der Waals surface area contributed by atoms with Crippen LogP contribution in [0.25, 0.3) is 10.6 Å². The third-order valence-electron chi connectivity index (χ3n) is 4.03. The van der Waals surface area contributed by atoms with Gasteiger partial charge in [0.15, 0.2) is 0 Å². The minimum atomic E-state index is 0.0259. The van der Waals surface area contributed by atoms with Crippen molar-refractivity contribution in [2.24, 2.45) is 5.92 Å². The van der Waals surface area contributed by atoms with E-state index in [1.54, 1.807) is 11.3 Å². The summed E-state index contributed by atoms with van der Waals surface area (Å²) in [6.07, 6.45) is 3.83. The molecule has 24 heavy (non-hydrogen) atoms. The fourth-order valence-electron chi connectivity index (χ4n) is 2.38. The molecule has 2 aromatic rings. The highest BCUT2D eigenvalue weighted by Gasteiger charge is 2.20. The number of aryl methyl sites for hydroxylation is 1. The van der Waals surface area contributed by atoms with Gasteiger partial charge in [-0.1, -0.05) is 29.8 Å². The number of amides is 1. The SMILES string of the molecule is Cc1ccc(-c2nc(CC(=O)NCCCOCC3CC3)cs2)cc1. The van der Waals surface area contributed by atoms with E-state index < -0.39 is 0 Å². The Morgan fingerprint density at radius 3 is 2.88 bits per heavy atom. The maximum atomic E-state index is 12.0. The Morgan fingerprint density at radius 2 is 2.12 bits per heavy atom. The molecule has 1 fully saturated rings. The minimum absolute atomic E-state index is 0.0259. The normalized spacial score (nSPS) is 13.9. The number of carbonyl (C=O) groups excluding carboxylic acids is 1. The van der Waals surface area contributed by atoms with Crippen LogP contribution in [-0.4, -0.2) is 30.6 Å². The lowest BCUT2D eigenvalue weighted by atomic mass is 10.2. The molecule has 5 heteroatoms. The van der Waals surface area contributed by atoms with Crippen LogP contribution in [0.15, 0.2) is 29.6 Å². The molecule has 0 radical (unpaired) electrons. The molecule has 0 saturated heterocycles. The van der Waals surface area contributed by atoms with Gasteiger partial charge in [0, 0.05) is 30.7 Å². The Balaban J connectivity index is 1.37. The number of nitrogens with one attached hydrogen (secondary N) is 1. The van der Waals surface area contributed by atoms with Crippen molar-refractivity contribution in [2.75, 3.05) is 19.8 Å². The van der Waals surface area contributed by atoms with E-state index >= 15 is 0 Å². The number of nitrogens with zero attached hydrogens (tertiary/aromatic N) is 1. The van der Waals surface area contributed by atoms with E-state index in [9.17, 15) is 4.79 Å². The van der Waals surface area contributed by atoms with E-state index in [1.165, 1.54) is 18.4 Å². The molecule has 0 atom stereocenters. The molecule has 1 aliphatic carbocycles. The van der Waals surface area contributed by atoms with Gasteiger partial charge in [-0.3, -0.25) is 4.79 Å². The van der Waals surface area contributed by atoms with Crippen molar-refractivity contribution in [3.05, 3.63) is 40.9 Å². The number of ether oxygens (including phenoxy) is 1. The maximum absolute atomic E-state index is 12.0. The van der Waals surface area contributed by atoms with E-state index in [0.29, 0.717) is 13.0 Å². The fourth-order valence-corrected chi connectivity index (χ4v) is 3.21. The Labute approximate surface area is 147 Å². The summed E-state index contributed by atoms with van der Waals surface area (Å²) in [4.78, 5) is 16.5.